The maximum absolute atomic E-state index is 4.47. The summed E-state index contributed by atoms with van der Waals surface area (Å²) in [6.45, 7) is 9.62. The number of piperazine rings is 1. The van der Waals surface area contributed by atoms with Crippen molar-refractivity contribution < 1.29 is 0 Å². The highest BCUT2D eigenvalue weighted by Gasteiger charge is 2.17. The van der Waals surface area contributed by atoms with Gasteiger partial charge in [0.2, 0.25) is 0 Å². The van der Waals surface area contributed by atoms with E-state index in [2.05, 4.69) is 42.6 Å². The Morgan fingerprint density at radius 3 is 2.50 bits per heavy atom. The van der Waals surface area contributed by atoms with Gasteiger partial charge in [0.1, 0.15) is 16.2 Å². The summed E-state index contributed by atoms with van der Waals surface area (Å²) in [4.78, 5) is 13.5. The van der Waals surface area contributed by atoms with Gasteiger partial charge in [0, 0.05) is 32.2 Å². The van der Waals surface area contributed by atoms with E-state index in [9.17, 15) is 0 Å². The van der Waals surface area contributed by atoms with Gasteiger partial charge in [0.05, 0.1) is 0 Å². The molecule has 16 heavy (non-hydrogen) atoms. The molecule has 1 fully saturated rings. The van der Waals surface area contributed by atoms with Crippen molar-refractivity contribution in [3.63, 3.8) is 0 Å². The number of aromatic nitrogens is 2. The lowest BCUT2D eigenvalue weighted by atomic mass is 10.3. The number of hydrogen-bond donors (Lipinski definition) is 0. The van der Waals surface area contributed by atoms with Gasteiger partial charge in [-0.15, -0.1) is 0 Å². The number of anilines is 1. The SMILES string of the molecule is CCN1CCN(c2cc(Br)nc(C)n2)CC1. The molecular formula is C11H17BrN4. The van der Waals surface area contributed by atoms with Crippen molar-refractivity contribution in [2.45, 2.75) is 13.8 Å². The van der Waals surface area contributed by atoms with E-state index in [4.69, 9.17) is 0 Å². The monoisotopic (exact) mass is 284 g/mol. The lowest BCUT2D eigenvalue weighted by Crippen LogP contribution is -2.46. The van der Waals surface area contributed by atoms with Crippen LogP contribution in [0.3, 0.4) is 0 Å². The van der Waals surface area contributed by atoms with Crippen LogP contribution in [0.25, 0.3) is 0 Å². The summed E-state index contributed by atoms with van der Waals surface area (Å²) in [5.74, 6) is 1.86. The van der Waals surface area contributed by atoms with Crippen molar-refractivity contribution in [3.8, 4) is 0 Å². The van der Waals surface area contributed by atoms with Crippen LogP contribution in [0.15, 0.2) is 10.7 Å². The zero-order chi connectivity index (χ0) is 11.5. The maximum Gasteiger partial charge on any atom is 0.133 e. The quantitative estimate of drug-likeness (QED) is 0.774. The standard InChI is InChI=1S/C11H17BrN4/c1-3-15-4-6-16(7-5-15)11-8-10(12)13-9(2)14-11/h8H,3-7H2,1-2H3. The number of rotatable bonds is 2. The van der Waals surface area contributed by atoms with Crippen LogP contribution < -0.4 is 4.90 Å². The fourth-order valence-corrected chi connectivity index (χ4v) is 2.43. The molecule has 1 aliphatic rings. The van der Waals surface area contributed by atoms with Gasteiger partial charge in [-0.2, -0.15) is 0 Å². The van der Waals surface area contributed by atoms with Gasteiger partial charge in [-0.05, 0) is 29.4 Å². The Bertz CT molecular complexity index is 341. The number of aryl methyl sites for hydroxylation is 1. The number of nitrogens with zero attached hydrogens (tertiary/aromatic N) is 4. The molecule has 1 saturated heterocycles. The molecule has 0 amide bonds. The van der Waals surface area contributed by atoms with Gasteiger partial charge in [-0.3, -0.25) is 0 Å². The highest BCUT2D eigenvalue weighted by atomic mass is 79.9. The van der Waals surface area contributed by atoms with Crippen molar-refractivity contribution in [1.82, 2.24) is 14.9 Å². The summed E-state index contributed by atoms with van der Waals surface area (Å²) in [5.41, 5.74) is 0. The molecule has 0 spiro atoms. The van der Waals surface area contributed by atoms with Crippen molar-refractivity contribution in [1.29, 1.82) is 0 Å². The second-order valence-corrected chi connectivity index (χ2v) is 4.83. The van der Waals surface area contributed by atoms with Crippen LogP contribution >= 0.6 is 15.9 Å². The van der Waals surface area contributed by atoms with Crippen molar-refractivity contribution in [3.05, 3.63) is 16.5 Å². The Morgan fingerprint density at radius 1 is 1.25 bits per heavy atom. The molecule has 1 aliphatic heterocycles. The fourth-order valence-electron chi connectivity index (χ4n) is 1.97. The summed E-state index contributed by atoms with van der Waals surface area (Å²) < 4.78 is 0.868. The Morgan fingerprint density at radius 2 is 1.94 bits per heavy atom. The molecule has 0 N–H and O–H groups in total. The first-order valence-electron chi connectivity index (χ1n) is 5.67. The highest BCUT2D eigenvalue weighted by molar-refractivity contribution is 9.10. The lowest BCUT2D eigenvalue weighted by Gasteiger charge is -2.34. The molecule has 2 heterocycles. The van der Waals surface area contributed by atoms with Crippen LogP contribution in [-0.4, -0.2) is 47.6 Å². The summed E-state index contributed by atoms with van der Waals surface area (Å²) in [7, 11) is 0. The van der Waals surface area contributed by atoms with E-state index in [0.717, 1.165) is 49.0 Å². The Hall–Kier alpha value is -0.680. The topological polar surface area (TPSA) is 32.3 Å². The number of likely N-dealkylation sites (N-methyl/N-ethyl adjacent to an activating group) is 1. The van der Waals surface area contributed by atoms with Gasteiger partial charge in [0.15, 0.2) is 0 Å². The van der Waals surface area contributed by atoms with Gasteiger partial charge >= 0.3 is 0 Å². The van der Waals surface area contributed by atoms with Crippen molar-refractivity contribution in [2.24, 2.45) is 0 Å². The van der Waals surface area contributed by atoms with E-state index in [1.54, 1.807) is 0 Å². The van der Waals surface area contributed by atoms with Gasteiger partial charge in [-0.1, -0.05) is 6.92 Å². The summed E-state index contributed by atoms with van der Waals surface area (Å²) in [6, 6.07) is 1.99. The largest absolute Gasteiger partial charge is 0.354 e. The highest BCUT2D eigenvalue weighted by Crippen LogP contribution is 2.17. The first kappa shape index (κ1) is 11.8. The van der Waals surface area contributed by atoms with Crippen LogP contribution in [0.2, 0.25) is 0 Å². The summed E-state index contributed by atoms with van der Waals surface area (Å²) in [5, 5.41) is 0. The molecule has 88 valence electrons. The molecular weight excluding hydrogens is 268 g/mol. The first-order chi connectivity index (χ1) is 7.69. The second-order valence-electron chi connectivity index (χ2n) is 4.02. The molecule has 1 aromatic heterocycles. The number of halogens is 1. The average Bonchev–Trinajstić information content (AvgIpc) is 2.28. The van der Waals surface area contributed by atoms with E-state index in [1.165, 1.54) is 0 Å². The van der Waals surface area contributed by atoms with Crippen LogP contribution in [-0.2, 0) is 0 Å². The van der Waals surface area contributed by atoms with Crippen LogP contribution in [0.4, 0.5) is 5.82 Å². The molecule has 4 nitrogen and oxygen atoms in total. The summed E-state index contributed by atoms with van der Waals surface area (Å²) in [6.07, 6.45) is 0. The Kier molecular flexibility index (Phi) is 3.76. The van der Waals surface area contributed by atoms with E-state index >= 15 is 0 Å². The van der Waals surface area contributed by atoms with Crippen LogP contribution in [0.1, 0.15) is 12.7 Å². The third-order valence-corrected chi connectivity index (χ3v) is 3.34. The molecule has 0 bridgehead atoms. The average molecular weight is 285 g/mol. The molecule has 0 saturated carbocycles. The molecule has 0 unspecified atom stereocenters. The molecule has 1 aromatic rings. The Labute approximate surface area is 105 Å². The Balaban J connectivity index is 2.08. The minimum atomic E-state index is 0.822. The second kappa shape index (κ2) is 5.10. The van der Waals surface area contributed by atoms with E-state index < -0.39 is 0 Å². The first-order valence-corrected chi connectivity index (χ1v) is 6.47. The molecule has 5 heteroatoms. The van der Waals surface area contributed by atoms with E-state index in [-0.39, 0.29) is 0 Å². The van der Waals surface area contributed by atoms with Crippen LogP contribution in [0.5, 0.6) is 0 Å². The predicted octanol–water partition coefficient (Wildman–Crippen LogP) is 1.69. The molecule has 0 radical (unpaired) electrons. The molecule has 0 aliphatic carbocycles. The smallest absolute Gasteiger partial charge is 0.133 e. The fraction of sp³-hybridized carbons (Fsp3) is 0.636. The zero-order valence-corrected chi connectivity index (χ0v) is 11.4. The minimum Gasteiger partial charge on any atom is -0.354 e. The lowest BCUT2D eigenvalue weighted by molar-refractivity contribution is 0.270. The van der Waals surface area contributed by atoms with Gasteiger partial charge in [0.25, 0.3) is 0 Å². The maximum atomic E-state index is 4.47. The molecule has 2 rings (SSSR count). The predicted molar refractivity (Wildman–Crippen MR) is 68.8 cm³/mol. The summed E-state index contributed by atoms with van der Waals surface area (Å²) >= 11 is 3.42. The van der Waals surface area contributed by atoms with E-state index in [1.807, 2.05) is 13.0 Å². The third-order valence-electron chi connectivity index (χ3n) is 2.94. The minimum absolute atomic E-state index is 0.822. The molecule has 0 aromatic carbocycles. The third kappa shape index (κ3) is 2.71. The van der Waals surface area contributed by atoms with E-state index in [0.29, 0.717) is 0 Å². The van der Waals surface area contributed by atoms with Gasteiger partial charge < -0.3 is 9.80 Å². The van der Waals surface area contributed by atoms with Gasteiger partial charge in [-0.25, -0.2) is 9.97 Å². The molecule has 0 atom stereocenters. The van der Waals surface area contributed by atoms with Crippen molar-refractivity contribution in [2.75, 3.05) is 37.6 Å². The van der Waals surface area contributed by atoms with Crippen LogP contribution in [0, 0.1) is 6.92 Å². The normalized spacial score (nSPS) is 17.8. The number of hydrogen-bond acceptors (Lipinski definition) is 4. The zero-order valence-electron chi connectivity index (χ0n) is 9.78. The van der Waals surface area contributed by atoms with Crippen molar-refractivity contribution >= 4 is 21.7 Å².